The van der Waals surface area contributed by atoms with Gasteiger partial charge in [0, 0.05) is 5.70 Å². The first-order valence-electron chi connectivity index (χ1n) is 5.68. The summed E-state index contributed by atoms with van der Waals surface area (Å²) >= 11 is 0. The van der Waals surface area contributed by atoms with Crippen molar-refractivity contribution in [1.29, 1.82) is 0 Å². The van der Waals surface area contributed by atoms with E-state index in [2.05, 4.69) is 15.8 Å². The van der Waals surface area contributed by atoms with E-state index >= 15 is 0 Å². The van der Waals surface area contributed by atoms with E-state index in [1.54, 1.807) is 12.2 Å². The fraction of sp³-hybridized carbons (Fsp3) is 0.636. The third kappa shape index (κ3) is 5.32. The standard InChI is InChI=1S/C11H19NO3S/c1-2-3-4-5-6-7-8-11-9-10-15-16(13,14)12-11/h7-9,12H,2-6,10H2,1H3. The lowest BCUT2D eigenvalue weighted by atomic mass is 10.1. The van der Waals surface area contributed by atoms with Gasteiger partial charge in [0.1, 0.15) is 0 Å². The maximum absolute atomic E-state index is 11.0. The second-order valence-electron chi connectivity index (χ2n) is 3.75. The highest BCUT2D eigenvalue weighted by Gasteiger charge is 2.14. The van der Waals surface area contributed by atoms with Gasteiger partial charge in [-0.05, 0) is 25.0 Å². The molecule has 0 saturated carbocycles. The van der Waals surface area contributed by atoms with E-state index in [4.69, 9.17) is 0 Å². The Hall–Kier alpha value is -0.810. The quantitative estimate of drug-likeness (QED) is 0.730. The minimum absolute atomic E-state index is 0.116. The molecule has 1 rings (SSSR count). The second kappa shape index (κ2) is 6.70. The lowest BCUT2D eigenvalue weighted by Crippen LogP contribution is -2.28. The molecule has 1 aliphatic heterocycles. The number of rotatable bonds is 6. The zero-order valence-corrected chi connectivity index (χ0v) is 10.4. The summed E-state index contributed by atoms with van der Waals surface area (Å²) in [5.74, 6) is 0. The van der Waals surface area contributed by atoms with Crippen molar-refractivity contribution in [2.24, 2.45) is 0 Å². The number of nitrogens with one attached hydrogen (secondary N) is 1. The Labute approximate surface area is 97.6 Å². The van der Waals surface area contributed by atoms with Crippen molar-refractivity contribution in [3.05, 3.63) is 23.9 Å². The van der Waals surface area contributed by atoms with Gasteiger partial charge >= 0.3 is 10.3 Å². The average molecular weight is 245 g/mol. The van der Waals surface area contributed by atoms with Gasteiger partial charge in [0.2, 0.25) is 0 Å². The third-order valence-electron chi connectivity index (χ3n) is 2.29. The fourth-order valence-electron chi connectivity index (χ4n) is 1.43. The van der Waals surface area contributed by atoms with Crippen LogP contribution in [0, 0.1) is 0 Å². The summed E-state index contributed by atoms with van der Waals surface area (Å²) in [4.78, 5) is 0. The normalized spacial score (nSPS) is 19.4. The van der Waals surface area contributed by atoms with Crippen molar-refractivity contribution in [1.82, 2.24) is 4.72 Å². The van der Waals surface area contributed by atoms with Crippen LogP contribution >= 0.6 is 0 Å². The van der Waals surface area contributed by atoms with Gasteiger partial charge in [-0.25, -0.2) is 4.18 Å². The molecule has 4 nitrogen and oxygen atoms in total. The number of hydrogen-bond donors (Lipinski definition) is 1. The van der Waals surface area contributed by atoms with Gasteiger partial charge in [0.25, 0.3) is 0 Å². The smallest absolute Gasteiger partial charge is 0.261 e. The molecular formula is C11H19NO3S. The van der Waals surface area contributed by atoms with Crippen LogP contribution in [0.5, 0.6) is 0 Å². The molecule has 0 atom stereocenters. The summed E-state index contributed by atoms with van der Waals surface area (Å²) in [6.45, 7) is 2.29. The second-order valence-corrected chi connectivity index (χ2v) is 5.10. The highest BCUT2D eigenvalue weighted by atomic mass is 32.2. The summed E-state index contributed by atoms with van der Waals surface area (Å²) in [5.41, 5.74) is 0.599. The summed E-state index contributed by atoms with van der Waals surface area (Å²) in [6, 6.07) is 0. The van der Waals surface area contributed by atoms with E-state index in [1.807, 2.05) is 6.08 Å². The average Bonchev–Trinajstić information content (AvgIpc) is 2.22. The van der Waals surface area contributed by atoms with Gasteiger partial charge in [0.05, 0.1) is 6.61 Å². The third-order valence-corrected chi connectivity index (χ3v) is 3.22. The van der Waals surface area contributed by atoms with Crippen molar-refractivity contribution in [3.8, 4) is 0 Å². The van der Waals surface area contributed by atoms with Crippen LogP contribution in [-0.2, 0) is 14.5 Å². The van der Waals surface area contributed by atoms with Crippen LogP contribution in [0.2, 0.25) is 0 Å². The molecule has 0 aliphatic carbocycles. The van der Waals surface area contributed by atoms with Crippen molar-refractivity contribution >= 4 is 10.3 Å². The number of hydrogen-bond acceptors (Lipinski definition) is 3. The van der Waals surface area contributed by atoms with Crippen LogP contribution < -0.4 is 4.72 Å². The van der Waals surface area contributed by atoms with Crippen LogP contribution in [0.3, 0.4) is 0 Å². The van der Waals surface area contributed by atoms with Crippen LogP contribution in [0.25, 0.3) is 0 Å². The molecule has 1 aliphatic rings. The molecule has 0 aromatic heterocycles. The van der Waals surface area contributed by atoms with Crippen molar-refractivity contribution in [3.63, 3.8) is 0 Å². The Morgan fingerprint density at radius 1 is 1.44 bits per heavy atom. The van der Waals surface area contributed by atoms with Gasteiger partial charge in [-0.2, -0.15) is 8.42 Å². The molecule has 0 fully saturated rings. The van der Waals surface area contributed by atoms with Crippen molar-refractivity contribution < 1.29 is 12.6 Å². The highest BCUT2D eigenvalue weighted by Crippen LogP contribution is 2.07. The van der Waals surface area contributed by atoms with Gasteiger partial charge in [-0.3, -0.25) is 4.72 Å². The molecule has 0 saturated heterocycles. The monoisotopic (exact) mass is 245 g/mol. The van der Waals surface area contributed by atoms with Crippen molar-refractivity contribution in [2.45, 2.75) is 39.0 Å². The first kappa shape index (κ1) is 13.3. The topological polar surface area (TPSA) is 55.4 Å². The van der Waals surface area contributed by atoms with Crippen LogP contribution in [0.1, 0.15) is 39.0 Å². The molecular weight excluding hydrogens is 226 g/mol. The first-order chi connectivity index (χ1) is 7.64. The predicted octanol–water partition coefficient (Wildman–Crippen LogP) is 2.26. The van der Waals surface area contributed by atoms with E-state index in [0.29, 0.717) is 5.70 Å². The fourth-order valence-corrected chi connectivity index (χ4v) is 2.18. The van der Waals surface area contributed by atoms with Gasteiger partial charge in [-0.1, -0.05) is 32.3 Å². The van der Waals surface area contributed by atoms with Crippen LogP contribution in [-0.4, -0.2) is 15.0 Å². The molecule has 0 radical (unpaired) electrons. The molecule has 0 unspecified atom stereocenters. The summed E-state index contributed by atoms with van der Waals surface area (Å²) in [7, 11) is -3.55. The Balaban J connectivity index is 2.26. The summed E-state index contributed by atoms with van der Waals surface area (Å²) in [6.07, 6.45) is 11.4. The van der Waals surface area contributed by atoms with E-state index in [9.17, 15) is 8.42 Å². The molecule has 0 spiro atoms. The first-order valence-corrected chi connectivity index (χ1v) is 7.09. The van der Waals surface area contributed by atoms with Gasteiger partial charge in [0.15, 0.2) is 0 Å². The minimum atomic E-state index is -3.55. The minimum Gasteiger partial charge on any atom is -0.261 e. The maximum atomic E-state index is 11.0. The molecule has 16 heavy (non-hydrogen) atoms. The Kier molecular flexibility index (Phi) is 5.55. The van der Waals surface area contributed by atoms with E-state index in [1.165, 1.54) is 19.3 Å². The molecule has 1 heterocycles. The van der Waals surface area contributed by atoms with E-state index in [-0.39, 0.29) is 6.61 Å². The number of allylic oxidation sites excluding steroid dienone is 2. The summed E-state index contributed by atoms with van der Waals surface area (Å²) < 4.78 is 28.9. The molecule has 92 valence electrons. The molecule has 5 heteroatoms. The summed E-state index contributed by atoms with van der Waals surface area (Å²) in [5, 5.41) is 0. The lowest BCUT2D eigenvalue weighted by molar-refractivity contribution is 0.343. The lowest BCUT2D eigenvalue weighted by Gasteiger charge is -2.12. The SMILES string of the molecule is CCCCCCC=CC1=CCOS(=O)(=O)N1. The zero-order chi connectivity index (χ0) is 11.9. The molecule has 0 aromatic rings. The molecule has 0 amide bonds. The van der Waals surface area contributed by atoms with Crippen LogP contribution in [0.4, 0.5) is 0 Å². The highest BCUT2D eigenvalue weighted by molar-refractivity contribution is 7.84. The Morgan fingerprint density at radius 3 is 2.94 bits per heavy atom. The van der Waals surface area contributed by atoms with Crippen molar-refractivity contribution in [2.75, 3.05) is 6.61 Å². The molecule has 1 N–H and O–H groups in total. The number of unbranched alkanes of at least 4 members (excludes halogenated alkanes) is 4. The zero-order valence-electron chi connectivity index (χ0n) is 9.61. The van der Waals surface area contributed by atoms with Gasteiger partial charge in [-0.15, -0.1) is 0 Å². The van der Waals surface area contributed by atoms with E-state index < -0.39 is 10.3 Å². The maximum Gasteiger partial charge on any atom is 0.360 e. The molecule has 0 bridgehead atoms. The van der Waals surface area contributed by atoms with Crippen LogP contribution in [0.15, 0.2) is 23.9 Å². The van der Waals surface area contributed by atoms with Gasteiger partial charge < -0.3 is 0 Å². The molecule has 0 aromatic carbocycles. The largest absolute Gasteiger partial charge is 0.360 e. The Morgan fingerprint density at radius 2 is 2.25 bits per heavy atom. The van der Waals surface area contributed by atoms with E-state index in [0.717, 1.165) is 12.8 Å². The predicted molar refractivity (Wildman–Crippen MR) is 64.0 cm³/mol. The Bertz CT molecular complexity index is 357.